The fourth-order valence-corrected chi connectivity index (χ4v) is 3.09. The molecule has 0 atom stereocenters. The van der Waals surface area contributed by atoms with Gasteiger partial charge >= 0.3 is 0 Å². The molecular weight excluding hydrogens is 381 g/mol. The van der Waals surface area contributed by atoms with Crippen LogP contribution < -0.4 is 10.5 Å². The predicted molar refractivity (Wildman–Crippen MR) is 105 cm³/mol. The molecule has 2 aromatic carbocycles. The Balaban J connectivity index is 2.35. The van der Waals surface area contributed by atoms with Gasteiger partial charge in [-0.3, -0.25) is 4.79 Å². The molecule has 0 saturated carbocycles. The Bertz CT molecular complexity index is 814. The number of allylic oxidation sites excluding steroid dienone is 1. The maximum atomic E-state index is 10.4. The van der Waals surface area contributed by atoms with Crippen molar-refractivity contribution in [3.05, 3.63) is 63.3 Å². The van der Waals surface area contributed by atoms with Gasteiger partial charge in [0, 0.05) is 39.2 Å². The summed E-state index contributed by atoms with van der Waals surface area (Å²) in [5.41, 5.74) is 8.20. The van der Waals surface area contributed by atoms with Crippen molar-refractivity contribution in [2.24, 2.45) is 5.73 Å². The van der Waals surface area contributed by atoms with Crippen molar-refractivity contribution in [3.63, 3.8) is 0 Å². The number of phenolic OH excluding ortho intramolecular Hbond substituents is 1. The van der Waals surface area contributed by atoms with Crippen LogP contribution in [0.3, 0.4) is 0 Å². The first kappa shape index (κ1) is 19.2. The highest BCUT2D eigenvalue weighted by Crippen LogP contribution is 2.33. The molecule has 0 bridgehead atoms. The van der Waals surface area contributed by atoms with Gasteiger partial charge in [0.05, 0.1) is 0 Å². The summed E-state index contributed by atoms with van der Waals surface area (Å²) in [7, 11) is 0. The van der Waals surface area contributed by atoms with E-state index in [0.717, 1.165) is 5.56 Å². The van der Waals surface area contributed by atoms with Crippen LogP contribution in [0, 0.1) is 0 Å². The highest BCUT2D eigenvalue weighted by atomic mass is 35.5. The standard InChI is InChI=1S/C18H15Cl2NO3S/c19-16-7-13(24-4-3-22)8-17(20)15(16)6-11-1-2-18(23)14(5-11)12(9-21)10-25/h1-3,5,7-10,23H,4,6,21H2/b12-9+. The quantitative estimate of drug-likeness (QED) is 0.418. The molecule has 0 spiro atoms. The van der Waals surface area contributed by atoms with Gasteiger partial charge in [-0.1, -0.05) is 41.5 Å². The largest absolute Gasteiger partial charge is 0.507 e. The van der Waals surface area contributed by atoms with Gasteiger partial charge in [0.2, 0.25) is 0 Å². The van der Waals surface area contributed by atoms with Crippen molar-refractivity contribution in [1.82, 2.24) is 0 Å². The lowest BCUT2D eigenvalue weighted by molar-refractivity contribution is -0.109. The van der Waals surface area contributed by atoms with Crippen LogP contribution >= 0.6 is 35.4 Å². The molecule has 7 heteroatoms. The van der Waals surface area contributed by atoms with Crippen LogP contribution in [0.5, 0.6) is 11.5 Å². The Labute approximate surface area is 160 Å². The molecule has 0 aliphatic carbocycles. The molecule has 25 heavy (non-hydrogen) atoms. The summed E-state index contributed by atoms with van der Waals surface area (Å²) < 4.78 is 5.21. The number of phenols is 1. The average molecular weight is 396 g/mol. The van der Waals surface area contributed by atoms with Crippen molar-refractivity contribution in [1.29, 1.82) is 0 Å². The fraction of sp³-hybridized carbons (Fsp3) is 0.111. The highest BCUT2D eigenvalue weighted by Gasteiger charge is 2.12. The first-order valence-electron chi connectivity index (χ1n) is 7.23. The van der Waals surface area contributed by atoms with Gasteiger partial charge in [-0.2, -0.15) is 0 Å². The molecule has 0 radical (unpaired) electrons. The second-order valence-corrected chi connectivity index (χ2v) is 6.16. The number of rotatable bonds is 7. The lowest BCUT2D eigenvalue weighted by Gasteiger charge is -2.12. The summed E-state index contributed by atoms with van der Waals surface area (Å²) in [4.78, 5) is 10.4. The van der Waals surface area contributed by atoms with Crippen LogP contribution in [0.4, 0.5) is 0 Å². The number of benzene rings is 2. The highest BCUT2D eigenvalue weighted by molar-refractivity contribution is 7.79. The summed E-state index contributed by atoms with van der Waals surface area (Å²) >= 11 is 17.5. The van der Waals surface area contributed by atoms with Gasteiger partial charge in [0.15, 0.2) is 6.29 Å². The maximum absolute atomic E-state index is 10.4. The van der Waals surface area contributed by atoms with Crippen molar-refractivity contribution in [2.45, 2.75) is 6.42 Å². The Morgan fingerprint density at radius 1 is 1.24 bits per heavy atom. The normalized spacial score (nSPS) is 11.2. The van der Waals surface area contributed by atoms with Gasteiger partial charge in [-0.15, -0.1) is 0 Å². The summed E-state index contributed by atoms with van der Waals surface area (Å²) in [5.74, 6) is 0.502. The van der Waals surface area contributed by atoms with Crippen LogP contribution in [0.15, 0.2) is 36.5 Å². The monoisotopic (exact) mass is 395 g/mol. The zero-order valence-electron chi connectivity index (χ0n) is 13.0. The number of aromatic hydroxyl groups is 1. The molecule has 0 aliphatic heterocycles. The van der Waals surface area contributed by atoms with Gasteiger partial charge in [-0.25, -0.2) is 0 Å². The summed E-state index contributed by atoms with van der Waals surface area (Å²) in [6, 6.07) is 8.32. The molecule has 130 valence electrons. The van der Waals surface area contributed by atoms with Gasteiger partial charge in [0.1, 0.15) is 18.1 Å². The molecule has 0 aliphatic rings. The maximum Gasteiger partial charge on any atom is 0.157 e. The number of carbonyl (C=O) groups excluding carboxylic acids is 1. The van der Waals surface area contributed by atoms with Crippen LogP contribution in [-0.4, -0.2) is 23.4 Å². The second-order valence-electron chi connectivity index (χ2n) is 5.11. The Morgan fingerprint density at radius 2 is 1.92 bits per heavy atom. The third kappa shape index (κ3) is 4.72. The number of hydrogen-bond acceptors (Lipinski definition) is 5. The van der Waals surface area contributed by atoms with E-state index < -0.39 is 0 Å². The van der Waals surface area contributed by atoms with Gasteiger partial charge in [0.25, 0.3) is 0 Å². The molecule has 0 fully saturated rings. The summed E-state index contributed by atoms with van der Waals surface area (Å²) in [5, 5.41) is 12.2. The lowest BCUT2D eigenvalue weighted by Crippen LogP contribution is -1.99. The number of nitrogens with two attached hydrogens (primary N) is 1. The van der Waals surface area contributed by atoms with Gasteiger partial charge in [-0.05, 0) is 35.4 Å². The van der Waals surface area contributed by atoms with Crippen molar-refractivity contribution >= 4 is 52.6 Å². The summed E-state index contributed by atoms with van der Waals surface area (Å²) in [6.45, 7) is -0.0703. The van der Waals surface area contributed by atoms with E-state index in [2.05, 4.69) is 0 Å². The fourth-order valence-electron chi connectivity index (χ4n) is 2.28. The third-order valence-corrected chi connectivity index (χ3v) is 4.42. The number of thiocarbonyl (C=S) groups is 1. The summed E-state index contributed by atoms with van der Waals surface area (Å²) in [6.07, 6.45) is 2.42. The molecule has 0 unspecified atom stereocenters. The van der Waals surface area contributed by atoms with Crippen LogP contribution in [-0.2, 0) is 11.2 Å². The first-order valence-corrected chi connectivity index (χ1v) is 8.46. The predicted octanol–water partition coefficient (Wildman–Crippen LogP) is 4.17. The third-order valence-electron chi connectivity index (χ3n) is 3.49. The molecule has 3 N–H and O–H groups in total. The van der Waals surface area contributed by atoms with E-state index in [1.165, 1.54) is 11.6 Å². The molecule has 0 aromatic heterocycles. The minimum Gasteiger partial charge on any atom is -0.507 e. The molecule has 0 amide bonds. The van der Waals surface area contributed by atoms with Crippen LogP contribution in [0.1, 0.15) is 16.7 Å². The number of ether oxygens (including phenoxy) is 1. The number of aldehydes is 1. The van der Waals surface area contributed by atoms with E-state index in [9.17, 15) is 9.90 Å². The molecular formula is C18H15Cl2NO3S. The van der Waals surface area contributed by atoms with Crippen LogP contribution in [0.2, 0.25) is 10.0 Å². The number of hydrogen-bond donors (Lipinski definition) is 2. The second kappa shape index (κ2) is 8.85. The molecule has 0 heterocycles. The average Bonchev–Trinajstić information content (AvgIpc) is 2.59. The Hall–Kier alpha value is -2.08. The van der Waals surface area contributed by atoms with Crippen molar-refractivity contribution < 1.29 is 14.6 Å². The van der Waals surface area contributed by atoms with E-state index >= 15 is 0 Å². The first-order chi connectivity index (χ1) is 12.0. The molecule has 0 saturated heterocycles. The minimum atomic E-state index is -0.0703. The number of halogens is 2. The topological polar surface area (TPSA) is 72.5 Å². The number of carbonyl (C=O) groups is 1. The van der Waals surface area contributed by atoms with E-state index in [4.69, 9.17) is 45.9 Å². The Morgan fingerprint density at radius 3 is 2.48 bits per heavy atom. The smallest absolute Gasteiger partial charge is 0.157 e. The van der Waals surface area contributed by atoms with E-state index in [-0.39, 0.29) is 12.4 Å². The SMILES string of the molecule is N/C=C(\C=S)c1cc(Cc2c(Cl)cc(OCC=O)cc2Cl)ccc1O. The zero-order valence-corrected chi connectivity index (χ0v) is 15.4. The lowest BCUT2D eigenvalue weighted by atomic mass is 9.99. The van der Waals surface area contributed by atoms with Crippen molar-refractivity contribution in [3.8, 4) is 11.5 Å². The van der Waals surface area contributed by atoms with E-state index in [1.54, 1.807) is 30.3 Å². The van der Waals surface area contributed by atoms with Crippen LogP contribution in [0.25, 0.3) is 5.57 Å². The minimum absolute atomic E-state index is 0.0703. The Kier molecular flexibility index (Phi) is 6.82. The van der Waals surface area contributed by atoms with Gasteiger partial charge < -0.3 is 15.6 Å². The zero-order chi connectivity index (χ0) is 18.4. The molecule has 2 aromatic rings. The van der Waals surface area contributed by atoms with E-state index in [1.807, 2.05) is 0 Å². The molecule has 2 rings (SSSR count). The van der Waals surface area contributed by atoms with E-state index in [0.29, 0.717) is 45.2 Å². The molecule has 4 nitrogen and oxygen atoms in total. The van der Waals surface area contributed by atoms with Crippen molar-refractivity contribution in [2.75, 3.05) is 6.61 Å².